The predicted molar refractivity (Wildman–Crippen MR) is 137 cm³/mol. The molecule has 0 saturated carbocycles. The fraction of sp³-hybridized carbons (Fsp3) is 0.148. The number of nitrogens with zero attached hydrogens (tertiary/aromatic N) is 2. The smallest absolute Gasteiger partial charge is 0.335 e. The Hall–Kier alpha value is -5.19. The first kappa shape index (κ1) is 25.9. The quantitative estimate of drug-likeness (QED) is 0.148. The molecule has 4 rings (SSSR count). The number of urea groups is 1. The van der Waals surface area contributed by atoms with Crippen LogP contribution in [0.2, 0.25) is 0 Å². The normalized spacial score (nSPS) is 14.3. The van der Waals surface area contributed by atoms with Gasteiger partial charge in [0, 0.05) is 12.1 Å². The van der Waals surface area contributed by atoms with Gasteiger partial charge in [0.1, 0.15) is 24.5 Å². The van der Waals surface area contributed by atoms with E-state index in [-0.39, 0.29) is 24.5 Å². The number of hydrogen-bond acceptors (Lipinski definition) is 8. The van der Waals surface area contributed by atoms with Gasteiger partial charge in [0.15, 0.2) is 11.5 Å². The van der Waals surface area contributed by atoms with E-state index >= 15 is 0 Å². The Morgan fingerprint density at radius 2 is 1.61 bits per heavy atom. The molecule has 3 aromatic carbocycles. The van der Waals surface area contributed by atoms with Gasteiger partial charge in [-0.25, -0.2) is 9.69 Å². The minimum atomic E-state index is -0.821. The number of nitro groups is 1. The molecule has 4 amide bonds. The van der Waals surface area contributed by atoms with Crippen molar-refractivity contribution in [1.82, 2.24) is 5.32 Å². The lowest BCUT2D eigenvalue weighted by Crippen LogP contribution is -2.54. The van der Waals surface area contributed by atoms with Crippen molar-refractivity contribution in [2.45, 2.75) is 6.92 Å². The summed E-state index contributed by atoms with van der Waals surface area (Å²) in [5, 5.41) is 12.9. The molecule has 1 saturated heterocycles. The van der Waals surface area contributed by atoms with E-state index in [9.17, 15) is 24.5 Å². The molecule has 0 spiro atoms. The number of nitrogens with one attached hydrogen (secondary N) is 1. The second-order valence-electron chi connectivity index (χ2n) is 8.15. The highest BCUT2D eigenvalue weighted by molar-refractivity contribution is 6.39. The van der Waals surface area contributed by atoms with Crippen LogP contribution in [-0.4, -0.2) is 43.1 Å². The SMILES string of the molecule is COc1cc(/C=C2/C(=O)NC(=O)N(c3ccc(C)cc3)C2=O)ccc1OCCOc1ccc([N+](=O)[O-])cc1. The molecule has 194 valence electrons. The van der Waals surface area contributed by atoms with E-state index in [1.165, 1.54) is 37.5 Å². The molecule has 0 radical (unpaired) electrons. The number of non-ortho nitro benzene ring substituents is 1. The van der Waals surface area contributed by atoms with Gasteiger partial charge in [0.05, 0.1) is 17.7 Å². The van der Waals surface area contributed by atoms with Crippen LogP contribution < -0.4 is 24.4 Å². The van der Waals surface area contributed by atoms with Gasteiger partial charge in [-0.2, -0.15) is 0 Å². The van der Waals surface area contributed by atoms with Crippen LogP contribution in [0, 0.1) is 17.0 Å². The van der Waals surface area contributed by atoms with Crippen molar-refractivity contribution in [1.29, 1.82) is 0 Å². The molecule has 1 fully saturated rings. The van der Waals surface area contributed by atoms with Crippen molar-refractivity contribution in [3.05, 3.63) is 93.5 Å². The standard InChI is InChI=1S/C27H23N3O8/c1-17-3-6-19(7-4-17)29-26(32)22(25(31)28-27(29)33)15-18-5-12-23(24(16-18)36-2)38-14-13-37-21-10-8-20(9-11-21)30(34)35/h3-12,15-16H,13-14H2,1-2H3,(H,28,31,33)/b22-15-. The molecule has 1 N–H and O–H groups in total. The van der Waals surface area contributed by atoms with E-state index in [4.69, 9.17) is 14.2 Å². The number of hydrogen-bond donors (Lipinski definition) is 1. The third kappa shape index (κ3) is 5.78. The molecule has 0 aliphatic carbocycles. The van der Waals surface area contributed by atoms with Crippen molar-refractivity contribution in [2.75, 3.05) is 25.2 Å². The number of methoxy groups -OCH3 is 1. The van der Waals surface area contributed by atoms with Crippen molar-refractivity contribution < 1.29 is 33.5 Å². The number of imide groups is 2. The summed E-state index contributed by atoms with van der Waals surface area (Å²) in [6, 6.07) is 16.5. The van der Waals surface area contributed by atoms with Crippen molar-refractivity contribution in [3.63, 3.8) is 0 Å². The monoisotopic (exact) mass is 517 g/mol. The lowest BCUT2D eigenvalue weighted by atomic mass is 10.1. The zero-order valence-corrected chi connectivity index (χ0v) is 20.5. The maximum absolute atomic E-state index is 13.1. The Morgan fingerprint density at radius 1 is 0.921 bits per heavy atom. The molecule has 11 heteroatoms. The topological polar surface area (TPSA) is 137 Å². The first-order chi connectivity index (χ1) is 18.3. The molecule has 1 aliphatic heterocycles. The van der Waals surface area contributed by atoms with Crippen LogP contribution in [0.5, 0.6) is 17.2 Å². The van der Waals surface area contributed by atoms with E-state index < -0.39 is 22.8 Å². The molecule has 3 aromatic rings. The van der Waals surface area contributed by atoms with Gasteiger partial charge < -0.3 is 14.2 Å². The van der Waals surface area contributed by atoms with E-state index in [1.54, 1.807) is 42.5 Å². The Kier molecular flexibility index (Phi) is 7.66. The lowest BCUT2D eigenvalue weighted by Gasteiger charge is -2.26. The van der Waals surface area contributed by atoms with E-state index in [0.717, 1.165) is 10.5 Å². The lowest BCUT2D eigenvalue weighted by molar-refractivity contribution is -0.384. The van der Waals surface area contributed by atoms with E-state index in [2.05, 4.69) is 5.32 Å². The summed E-state index contributed by atoms with van der Waals surface area (Å²) in [5.41, 5.74) is 1.53. The van der Waals surface area contributed by atoms with Gasteiger partial charge in [-0.05, 0) is 55.0 Å². The molecule has 1 heterocycles. The molecular formula is C27H23N3O8. The number of anilines is 1. The Morgan fingerprint density at radius 3 is 2.26 bits per heavy atom. The van der Waals surface area contributed by atoms with E-state index in [1.807, 2.05) is 6.92 Å². The summed E-state index contributed by atoms with van der Waals surface area (Å²) < 4.78 is 16.6. The van der Waals surface area contributed by atoms with Gasteiger partial charge in [-0.15, -0.1) is 0 Å². The Labute approximate surface area is 217 Å². The summed E-state index contributed by atoms with van der Waals surface area (Å²) in [7, 11) is 1.45. The number of benzene rings is 3. The zero-order valence-electron chi connectivity index (χ0n) is 20.5. The summed E-state index contributed by atoms with van der Waals surface area (Å²) in [6.07, 6.45) is 1.37. The maximum Gasteiger partial charge on any atom is 0.335 e. The van der Waals surface area contributed by atoms with Crippen LogP contribution in [-0.2, 0) is 9.59 Å². The fourth-order valence-corrected chi connectivity index (χ4v) is 3.62. The summed E-state index contributed by atoms with van der Waals surface area (Å²) >= 11 is 0. The predicted octanol–water partition coefficient (Wildman–Crippen LogP) is 4.04. The molecule has 0 atom stereocenters. The number of carbonyl (C=O) groups excluding carboxylic acids is 3. The number of amides is 4. The highest BCUT2D eigenvalue weighted by Crippen LogP contribution is 2.30. The molecule has 0 bridgehead atoms. The van der Waals surface area contributed by atoms with Crippen LogP contribution in [0.3, 0.4) is 0 Å². The minimum Gasteiger partial charge on any atom is -0.493 e. The fourth-order valence-electron chi connectivity index (χ4n) is 3.62. The van der Waals surface area contributed by atoms with Gasteiger partial charge in [-0.1, -0.05) is 23.8 Å². The van der Waals surface area contributed by atoms with Gasteiger partial charge >= 0.3 is 6.03 Å². The van der Waals surface area contributed by atoms with Crippen LogP contribution in [0.15, 0.2) is 72.3 Å². The number of aryl methyl sites for hydroxylation is 1. The molecular weight excluding hydrogens is 494 g/mol. The molecule has 38 heavy (non-hydrogen) atoms. The minimum absolute atomic E-state index is 0.0322. The third-order valence-corrected chi connectivity index (χ3v) is 5.55. The number of rotatable bonds is 9. The summed E-state index contributed by atoms with van der Waals surface area (Å²) in [6.45, 7) is 2.20. The number of barbiturate groups is 1. The zero-order chi connectivity index (χ0) is 27.2. The molecule has 1 aliphatic rings. The largest absolute Gasteiger partial charge is 0.493 e. The maximum atomic E-state index is 13.1. The highest BCUT2D eigenvalue weighted by atomic mass is 16.6. The molecule has 0 unspecified atom stereocenters. The number of nitro benzene ring substituents is 1. The summed E-state index contributed by atoms with van der Waals surface area (Å²) in [4.78, 5) is 49.1. The average molecular weight is 517 g/mol. The van der Waals surface area contributed by atoms with Crippen molar-refractivity contribution in [3.8, 4) is 17.2 Å². The molecule has 0 aromatic heterocycles. The Bertz CT molecular complexity index is 1420. The van der Waals surface area contributed by atoms with Crippen LogP contribution in [0.25, 0.3) is 6.08 Å². The molecule has 11 nitrogen and oxygen atoms in total. The van der Waals surface area contributed by atoms with Crippen LogP contribution in [0.4, 0.5) is 16.2 Å². The first-order valence-corrected chi connectivity index (χ1v) is 11.4. The number of carbonyl (C=O) groups is 3. The van der Waals surface area contributed by atoms with Crippen LogP contribution in [0.1, 0.15) is 11.1 Å². The second kappa shape index (κ2) is 11.2. The first-order valence-electron chi connectivity index (χ1n) is 11.4. The van der Waals surface area contributed by atoms with Gasteiger partial charge in [0.2, 0.25) is 0 Å². The van der Waals surface area contributed by atoms with Crippen LogP contribution >= 0.6 is 0 Å². The second-order valence-corrected chi connectivity index (χ2v) is 8.15. The third-order valence-electron chi connectivity index (χ3n) is 5.55. The summed E-state index contributed by atoms with van der Waals surface area (Å²) in [5.74, 6) is -0.333. The Balaban J connectivity index is 1.44. The van der Waals surface area contributed by atoms with Crippen molar-refractivity contribution >= 4 is 35.3 Å². The van der Waals surface area contributed by atoms with Gasteiger partial charge in [0.25, 0.3) is 17.5 Å². The van der Waals surface area contributed by atoms with Gasteiger partial charge in [-0.3, -0.25) is 25.0 Å². The van der Waals surface area contributed by atoms with E-state index in [0.29, 0.717) is 28.5 Å². The van der Waals surface area contributed by atoms with Crippen molar-refractivity contribution in [2.24, 2.45) is 0 Å². The average Bonchev–Trinajstić information content (AvgIpc) is 2.90. The number of ether oxygens (including phenoxy) is 3. The highest BCUT2D eigenvalue weighted by Gasteiger charge is 2.36.